The Kier molecular flexibility index (Phi) is 3.96. The second kappa shape index (κ2) is 5.72. The van der Waals surface area contributed by atoms with Gasteiger partial charge in [-0.3, -0.25) is 4.79 Å². The topological polar surface area (TPSA) is 58.6 Å². The van der Waals surface area contributed by atoms with Crippen molar-refractivity contribution in [1.29, 1.82) is 0 Å². The Morgan fingerprint density at radius 2 is 1.95 bits per heavy atom. The van der Waals surface area contributed by atoms with Crippen LogP contribution in [0.5, 0.6) is 0 Å². The number of ether oxygens (including phenoxy) is 1. The van der Waals surface area contributed by atoms with Crippen molar-refractivity contribution in [3.8, 4) is 0 Å². The summed E-state index contributed by atoms with van der Waals surface area (Å²) in [6, 6.07) is 0.0576. The number of nitrogens with one attached hydrogen (secondary N) is 1. The van der Waals surface area contributed by atoms with E-state index in [4.69, 9.17) is 4.74 Å². The molecule has 0 aromatic heterocycles. The fraction of sp³-hybridized carbons (Fsp3) is 0.867. The lowest BCUT2D eigenvalue weighted by Crippen LogP contribution is -2.49. The molecule has 4 unspecified atom stereocenters. The zero-order valence-electron chi connectivity index (χ0n) is 12.1. The Bertz CT molecular complexity index is 385. The third kappa shape index (κ3) is 2.43. The van der Waals surface area contributed by atoms with E-state index >= 15 is 0 Å². The Hall–Kier alpha value is -1.10. The average molecular weight is 280 g/mol. The highest BCUT2D eigenvalue weighted by atomic mass is 16.5. The van der Waals surface area contributed by atoms with Crippen molar-refractivity contribution in [3.63, 3.8) is 0 Å². The summed E-state index contributed by atoms with van der Waals surface area (Å²) >= 11 is 0. The summed E-state index contributed by atoms with van der Waals surface area (Å²) in [7, 11) is 1.39. The maximum atomic E-state index is 12.7. The van der Waals surface area contributed by atoms with Crippen LogP contribution in [-0.4, -0.2) is 48.6 Å². The van der Waals surface area contributed by atoms with Gasteiger partial charge >= 0.3 is 5.97 Å². The summed E-state index contributed by atoms with van der Waals surface area (Å²) in [5, 5.41) is 3.50. The predicted octanol–water partition coefficient (Wildman–Crippen LogP) is 1.07. The summed E-state index contributed by atoms with van der Waals surface area (Å²) < 4.78 is 4.82. The van der Waals surface area contributed by atoms with Gasteiger partial charge in [0.05, 0.1) is 13.2 Å². The fourth-order valence-electron chi connectivity index (χ4n) is 4.12. The highest BCUT2D eigenvalue weighted by molar-refractivity contribution is 5.88. The minimum Gasteiger partial charge on any atom is -0.467 e. The van der Waals surface area contributed by atoms with E-state index in [0.29, 0.717) is 18.5 Å². The minimum absolute atomic E-state index is 0.0895. The van der Waals surface area contributed by atoms with Crippen LogP contribution in [0.2, 0.25) is 0 Å². The monoisotopic (exact) mass is 280 g/mol. The lowest BCUT2D eigenvalue weighted by molar-refractivity contribution is -0.151. The zero-order valence-corrected chi connectivity index (χ0v) is 12.1. The Morgan fingerprint density at radius 3 is 2.70 bits per heavy atom. The Balaban J connectivity index is 1.65. The molecule has 3 fully saturated rings. The second-order valence-electron chi connectivity index (χ2n) is 6.32. The smallest absolute Gasteiger partial charge is 0.328 e. The van der Waals surface area contributed by atoms with E-state index in [-0.39, 0.29) is 24.0 Å². The van der Waals surface area contributed by atoms with Crippen LogP contribution in [0.25, 0.3) is 0 Å². The van der Waals surface area contributed by atoms with Gasteiger partial charge in [-0.25, -0.2) is 4.79 Å². The first-order valence-electron chi connectivity index (χ1n) is 7.85. The third-order valence-corrected chi connectivity index (χ3v) is 5.17. The second-order valence-corrected chi connectivity index (χ2v) is 6.32. The van der Waals surface area contributed by atoms with Crippen LogP contribution in [0.4, 0.5) is 0 Å². The van der Waals surface area contributed by atoms with Gasteiger partial charge in [0.2, 0.25) is 5.91 Å². The SMILES string of the molecule is COC(=O)C1CCCN1C(=O)C1CC2CCCCC2N1. The van der Waals surface area contributed by atoms with E-state index in [2.05, 4.69) is 5.32 Å². The number of nitrogens with zero attached hydrogens (tertiary/aromatic N) is 1. The van der Waals surface area contributed by atoms with Crippen LogP contribution in [0.15, 0.2) is 0 Å². The molecule has 112 valence electrons. The number of carbonyl (C=O) groups excluding carboxylic acids is 2. The van der Waals surface area contributed by atoms with Gasteiger partial charge in [-0.15, -0.1) is 0 Å². The lowest BCUT2D eigenvalue weighted by Gasteiger charge is -2.26. The maximum absolute atomic E-state index is 12.7. The van der Waals surface area contributed by atoms with Crippen molar-refractivity contribution < 1.29 is 14.3 Å². The predicted molar refractivity (Wildman–Crippen MR) is 74.0 cm³/mol. The standard InChI is InChI=1S/C15H24N2O3/c1-20-15(19)13-7-4-8-17(13)14(18)12-9-10-5-2-3-6-11(10)16-12/h10-13,16H,2-9H2,1H3. The summed E-state index contributed by atoms with van der Waals surface area (Å²) in [5.41, 5.74) is 0. The fourth-order valence-corrected chi connectivity index (χ4v) is 4.12. The minimum atomic E-state index is -0.364. The van der Waals surface area contributed by atoms with Crippen molar-refractivity contribution in [2.75, 3.05) is 13.7 Å². The molecule has 0 aromatic carbocycles. The van der Waals surface area contributed by atoms with Gasteiger partial charge in [-0.2, -0.15) is 0 Å². The molecule has 1 N–H and O–H groups in total. The molecule has 1 aliphatic carbocycles. The highest BCUT2D eigenvalue weighted by Gasteiger charge is 2.43. The molecule has 20 heavy (non-hydrogen) atoms. The van der Waals surface area contributed by atoms with Crippen molar-refractivity contribution in [2.24, 2.45) is 5.92 Å². The number of rotatable bonds is 2. The molecule has 0 spiro atoms. The van der Waals surface area contributed by atoms with Gasteiger partial charge in [0, 0.05) is 12.6 Å². The number of hydrogen-bond acceptors (Lipinski definition) is 4. The first-order valence-corrected chi connectivity index (χ1v) is 7.85. The first-order chi connectivity index (χ1) is 9.70. The molecule has 0 aromatic rings. The van der Waals surface area contributed by atoms with E-state index in [1.165, 1.54) is 32.8 Å². The van der Waals surface area contributed by atoms with E-state index < -0.39 is 0 Å². The van der Waals surface area contributed by atoms with Crippen molar-refractivity contribution in [1.82, 2.24) is 10.2 Å². The largest absolute Gasteiger partial charge is 0.467 e. The number of carbonyl (C=O) groups is 2. The molecule has 3 aliphatic rings. The summed E-state index contributed by atoms with van der Waals surface area (Å²) in [6.07, 6.45) is 7.55. The molecule has 0 bridgehead atoms. The van der Waals surface area contributed by atoms with Gasteiger partial charge in [0.25, 0.3) is 0 Å². The number of likely N-dealkylation sites (tertiary alicyclic amines) is 1. The molecule has 0 radical (unpaired) electrons. The van der Waals surface area contributed by atoms with E-state index in [0.717, 1.165) is 19.3 Å². The molecule has 2 saturated heterocycles. The summed E-state index contributed by atoms with van der Waals surface area (Å²) in [5.74, 6) is 0.482. The highest BCUT2D eigenvalue weighted by Crippen LogP contribution is 2.34. The summed E-state index contributed by atoms with van der Waals surface area (Å²) in [6.45, 7) is 0.687. The van der Waals surface area contributed by atoms with E-state index in [1.807, 2.05) is 0 Å². The van der Waals surface area contributed by atoms with Gasteiger partial charge < -0.3 is 15.0 Å². The molecule has 2 heterocycles. The van der Waals surface area contributed by atoms with Gasteiger partial charge in [0.15, 0.2) is 0 Å². The molecule has 1 saturated carbocycles. The number of hydrogen-bond donors (Lipinski definition) is 1. The van der Waals surface area contributed by atoms with Crippen LogP contribution < -0.4 is 5.32 Å². The Morgan fingerprint density at radius 1 is 1.15 bits per heavy atom. The third-order valence-electron chi connectivity index (χ3n) is 5.17. The van der Waals surface area contributed by atoms with Crippen LogP contribution >= 0.6 is 0 Å². The first kappa shape index (κ1) is 13.9. The number of fused-ring (bicyclic) bond motifs is 1. The van der Waals surface area contributed by atoms with Crippen LogP contribution in [0, 0.1) is 5.92 Å². The molecular formula is C15H24N2O3. The van der Waals surface area contributed by atoms with Crippen LogP contribution in [0.1, 0.15) is 44.9 Å². The molecule has 4 atom stereocenters. The van der Waals surface area contributed by atoms with Crippen LogP contribution in [-0.2, 0) is 14.3 Å². The Labute approximate surface area is 120 Å². The number of methoxy groups -OCH3 is 1. The average Bonchev–Trinajstić information content (AvgIpc) is 3.11. The maximum Gasteiger partial charge on any atom is 0.328 e. The van der Waals surface area contributed by atoms with E-state index in [1.54, 1.807) is 4.90 Å². The molecule has 3 rings (SSSR count). The molecular weight excluding hydrogens is 256 g/mol. The molecule has 5 heteroatoms. The number of amides is 1. The number of esters is 1. The molecule has 5 nitrogen and oxygen atoms in total. The van der Waals surface area contributed by atoms with Crippen LogP contribution in [0.3, 0.4) is 0 Å². The van der Waals surface area contributed by atoms with Crippen molar-refractivity contribution in [3.05, 3.63) is 0 Å². The van der Waals surface area contributed by atoms with Crippen molar-refractivity contribution >= 4 is 11.9 Å². The van der Waals surface area contributed by atoms with E-state index in [9.17, 15) is 9.59 Å². The zero-order chi connectivity index (χ0) is 14.1. The van der Waals surface area contributed by atoms with Crippen molar-refractivity contribution in [2.45, 2.75) is 63.1 Å². The quantitative estimate of drug-likeness (QED) is 0.769. The summed E-state index contributed by atoms with van der Waals surface area (Å²) in [4.78, 5) is 26.2. The van der Waals surface area contributed by atoms with Gasteiger partial charge in [0.1, 0.15) is 6.04 Å². The van der Waals surface area contributed by atoms with Gasteiger partial charge in [-0.1, -0.05) is 12.8 Å². The molecule has 2 aliphatic heterocycles. The molecule has 1 amide bonds. The van der Waals surface area contributed by atoms with Gasteiger partial charge in [-0.05, 0) is 38.0 Å². The lowest BCUT2D eigenvalue weighted by atomic mass is 9.85. The normalized spacial score (nSPS) is 36.8.